The minimum atomic E-state index is -1.59. The second-order valence-electron chi connectivity index (χ2n) is 5.26. The number of amides is 1. The molecule has 0 saturated heterocycles. The van der Waals surface area contributed by atoms with Crippen LogP contribution in [0.2, 0.25) is 0 Å². The molecule has 1 heterocycles. The predicted molar refractivity (Wildman–Crippen MR) is 88.8 cm³/mol. The number of nitrogens with one attached hydrogen (secondary N) is 1. The Morgan fingerprint density at radius 3 is 2.39 bits per heavy atom. The number of alkyl halides is 1. The highest BCUT2D eigenvalue weighted by molar-refractivity contribution is 6.31. The number of anilines is 1. The van der Waals surface area contributed by atoms with Crippen molar-refractivity contribution in [2.45, 2.75) is 19.4 Å². The monoisotopic (exact) mass is 330 g/mol. The Hall–Kier alpha value is -2.44. The number of aliphatic hydroxyl groups is 1. The van der Waals surface area contributed by atoms with Crippen LogP contribution in [0.25, 0.3) is 16.7 Å². The first kappa shape index (κ1) is 15.5. The first-order chi connectivity index (χ1) is 11.0. The number of hydrogen-bond acceptors (Lipinski definition) is 4. The lowest BCUT2D eigenvalue weighted by Crippen LogP contribution is -2.23. The minimum Gasteiger partial charge on any atom is -0.369 e. The summed E-state index contributed by atoms with van der Waals surface area (Å²) < 4.78 is 0. The van der Waals surface area contributed by atoms with Gasteiger partial charge in [0.1, 0.15) is 11.0 Å². The van der Waals surface area contributed by atoms with Crippen molar-refractivity contribution in [1.29, 1.82) is 0 Å². The van der Waals surface area contributed by atoms with E-state index in [1.165, 1.54) is 0 Å². The van der Waals surface area contributed by atoms with E-state index in [0.29, 0.717) is 5.69 Å². The maximum absolute atomic E-state index is 11.6. The van der Waals surface area contributed by atoms with Gasteiger partial charge in [0.2, 0.25) is 5.56 Å². The molecule has 0 radical (unpaired) electrons. The number of aliphatic hydroxyl groups excluding tert-OH is 1. The highest BCUT2D eigenvalue weighted by atomic mass is 35.5. The lowest BCUT2D eigenvalue weighted by atomic mass is 10.1. The molecule has 0 aliphatic heterocycles. The van der Waals surface area contributed by atoms with Gasteiger partial charge in [0, 0.05) is 11.3 Å². The second-order valence-corrected chi connectivity index (χ2v) is 5.67. The van der Waals surface area contributed by atoms with Crippen LogP contribution in [0.4, 0.5) is 5.69 Å². The van der Waals surface area contributed by atoms with Crippen molar-refractivity contribution in [3.63, 3.8) is 0 Å². The van der Waals surface area contributed by atoms with Gasteiger partial charge in [0.25, 0.3) is 5.91 Å². The lowest BCUT2D eigenvalue weighted by Gasteiger charge is -2.13. The summed E-state index contributed by atoms with van der Waals surface area (Å²) in [6.45, 7) is 3.75. The molecule has 23 heavy (non-hydrogen) atoms. The maximum atomic E-state index is 11.6. The standard InChI is InChI=1S/C16H15ClN4O2/c1-9-7-13(18-16(23)15(17)22)10(2)14(8-9)21-19-11-5-3-4-6-12(11)20-21/h3-8,15,22H,1-2H3,(H,18,23). The third-order valence-electron chi connectivity index (χ3n) is 3.50. The molecule has 1 aromatic heterocycles. The largest absolute Gasteiger partial charge is 0.369 e. The van der Waals surface area contributed by atoms with Crippen molar-refractivity contribution in [3.05, 3.63) is 47.5 Å². The molecule has 0 saturated carbocycles. The predicted octanol–water partition coefficient (Wildman–Crippen LogP) is 2.53. The summed E-state index contributed by atoms with van der Waals surface area (Å²) in [5, 5.41) is 20.7. The summed E-state index contributed by atoms with van der Waals surface area (Å²) in [5.41, 5.74) is 2.99. The summed E-state index contributed by atoms with van der Waals surface area (Å²) >= 11 is 5.39. The molecule has 3 aromatic rings. The summed E-state index contributed by atoms with van der Waals surface area (Å²) in [6, 6.07) is 11.3. The number of carbonyl (C=O) groups excluding carboxylic acids is 1. The molecule has 2 N–H and O–H groups in total. The highest BCUT2D eigenvalue weighted by Gasteiger charge is 2.16. The molecular weight excluding hydrogens is 316 g/mol. The number of fused-ring (bicyclic) bond motifs is 1. The number of carbonyl (C=O) groups is 1. The van der Waals surface area contributed by atoms with Crippen LogP contribution in [0, 0.1) is 13.8 Å². The second kappa shape index (κ2) is 5.98. The number of benzene rings is 2. The highest BCUT2D eigenvalue weighted by Crippen LogP contribution is 2.25. The van der Waals surface area contributed by atoms with Gasteiger partial charge in [-0.05, 0) is 43.7 Å². The van der Waals surface area contributed by atoms with E-state index in [-0.39, 0.29) is 0 Å². The van der Waals surface area contributed by atoms with E-state index >= 15 is 0 Å². The Morgan fingerprint density at radius 1 is 1.22 bits per heavy atom. The normalized spacial score (nSPS) is 12.3. The van der Waals surface area contributed by atoms with Crippen molar-refractivity contribution in [2.24, 2.45) is 0 Å². The van der Waals surface area contributed by atoms with Crippen molar-refractivity contribution in [2.75, 3.05) is 5.32 Å². The fraction of sp³-hybridized carbons (Fsp3) is 0.188. The first-order valence-corrected chi connectivity index (χ1v) is 7.46. The van der Waals surface area contributed by atoms with Gasteiger partial charge in [-0.15, -0.1) is 10.2 Å². The molecule has 0 fully saturated rings. The van der Waals surface area contributed by atoms with E-state index in [0.717, 1.165) is 27.8 Å². The number of rotatable bonds is 3. The van der Waals surface area contributed by atoms with E-state index < -0.39 is 11.5 Å². The van der Waals surface area contributed by atoms with Gasteiger partial charge in [-0.25, -0.2) is 0 Å². The summed E-state index contributed by atoms with van der Waals surface area (Å²) in [4.78, 5) is 13.2. The van der Waals surface area contributed by atoms with E-state index in [1.807, 2.05) is 44.2 Å². The minimum absolute atomic E-state index is 0.561. The molecule has 2 aromatic carbocycles. The van der Waals surface area contributed by atoms with Gasteiger partial charge in [-0.3, -0.25) is 4.79 Å². The summed E-state index contributed by atoms with van der Waals surface area (Å²) in [6.07, 6.45) is 0. The number of nitrogens with zero attached hydrogens (tertiary/aromatic N) is 3. The molecule has 0 spiro atoms. The van der Waals surface area contributed by atoms with Gasteiger partial charge in [-0.2, -0.15) is 4.80 Å². The van der Waals surface area contributed by atoms with Crippen LogP contribution in [0.3, 0.4) is 0 Å². The molecule has 118 valence electrons. The SMILES string of the molecule is Cc1cc(NC(=O)C(O)Cl)c(C)c(-n2nc3ccccc3n2)c1. The number of hydrogen-bond donors (Lipinski definition) is 2. The smallest absolute Gasteiger partial charge is 0.268 e. The molecule has 0 aliphatic rings. The molecule has 1 amide bonds. The molecule has 7 heteroatoms. The zero-order chi connectivity index (χ0) is 16.6. The Labute approximate surface area is 137 Å². The van der Waals surface area contributed by atoms with Gasteiger partial charge >= 0.3 is 0 Å². The first-order valence-electron chi connectivity index (χ1n) is 7.02. The van der Waals surface area contributed by atoms with Gasteiger partial charge < -0.3 is 10.4 Å². The van der Waals surface area contributed by atoms with Gasteiger partial charge in [-0.1, -0.05) is 23.7 Å². The van der Waals surface area contributed by atoms with Crippen LogP contribution in [0.1, 0.15) is 11.1 Å². The van der Waals surface area contributed by atoms with Crippen molar-refractivity contribution < 1.29 is 9.90 Å². The van der Waals surface area contributed by atoms with Crippen LogP contribution >= 0.6 is 11.6 Å². The van der Waals surface area contributed by atoms with Crippen LogP contribution < -0.4 is 5.32 Å². The molecule has 0 aliphatic carbocycles. The fourth-order valence-electron chi connectivity index (χ4n) is 2.34. The van der Waals surface area contributed by atoms with E-state index in [1.54, 1.807) is 10.9 Å². The Kier molecular flexibility index (Phi) is 4.02. The maximum Gasteiger partial charge on any atom is 0.268 e. The van der Waals surface area contributed by atoms with Crippen molar-refractivity contribution in [1.82, 2.24) is 15.0 Å². The number of aryl methyl sites for hydroxylation is 1. The average Bonchev–Trinajstić information content (AvgIpc) is 2.94. The van der Waals surface area contributed by atoms with Gasteiger partial charge in [0.05, 0.1) is 5.69 Å². The van der Waals surface area contributed by atoms with Crippen LogP contribution in [0.15, 0.2) is 36.4 Å². The van der Waals surface area contributed by atoms with Crippen LogP contribution in [-0.4, -0.2) is 31.6 Å². The van der Waals surface area contributed by atoms with Crippen molar-refractivity contribution >= 4 is 34.2 Å². The Bertz CT molecular complexity index is 856. The van der Waals surface area contributed by atoms with Crippen LogP contribution in [0.5, 0.6) is 0 Å². The topological polar surface area (TPSA) is 80.0 Å². The quantitative estimate of drug-likeness (QED) is 0.723. The lowest BCUT2D eigenvalue weighted by molar-refractivity contribution is -0.120. The molecule has 0 bridgehead atoms. The molecule has 1 unspecified atom stereocenters. The molecule has 1 atom stereocenters. The van der Waals surface area contributed by atoms with E-state index in [4.69, 9.17) is 16.7 Å². The van der Waals surface area contributed by atoms with E-state index in [9.17, 15) is 4.79 Å². The van der Waals surface area contributed by atoms with Crippen molar-refractivity contribution in [3.8, 4) is 5.69 Å². The zero-order valence-corrected chi connectivity index (χ0v) is 13.4. The fourth-order valence-corrected chi connectivity index (χ4v) is 2.39. The van der Waals surface area contributed by atoms with Gasteiger partial charge in [0.15, 0.2) is 0 Å². The molecule has 3 rings (SSSR count). The van der Waals surface area contributed by atoms with Crippen LogP contribution in [-0.2, 0) is 4.79 Å². The molecule has 6 nitrogen and oxygen atoms in total. The number of halogens is 1. The third-order valence-corrected chi connectivity index (χ3v) is 3.70. The zero-order valence-electron chi connectivity index (χ0n) is 12.6. The third kappa shape index (κ3) is 3.04. The Morgan fingerprint density at radius 2 is 1.83 bits per heavy atom. The number of aromatic nitrogens is 3. The summed E-state index contributed by atoms with van der Waals surface area (Å²) in [7, 11) is 0. The molecular formula is C16H15ClN4O2. The summed E-state index contributed by atoms with van der Waals surface area (Å²) in [5.74, 6) is -0.676. The van der Waals surface area contributed by atoms with E-state index in [2.05, 4.69) is 15.5 Å². The Balaban J connectivity index is 2.08. The average molecular weight is 331 g/mol.